The Balaban J connectivity index is 1.87. The fourth-order valence-corrected chi connectivity index (χ4v) is 1.83. The van der Waals surface area contributed by atoms with E-state index in [9.17, 15) is 0 Å². The third-order valence-electron chi connectivity index (χ3n) is 2.86. The standard InChI is InChI=1S/C15H18N4O2/c1-20-8-6-19-12-14(11-18-19)17-10-13-3-2-4-15(9-13)21-7-5-16/h2-4,9,11-12,17H,6-8,10H2,1H3. The quantitative estimate of drug-likeness (QED) is 0.804. The summed E-state index contributed by atoms with van der Waals surface area (Å²) in [5.41, 5.74) is 2.03. The van der Waals surface area contributed by atoms with Gasteiger partial charge in [-0.25, -0.2) is 0 Å². The van der Waals surface area contributed by atoms with Crippen LogP contribution in [0.4, 0.5) is 5.69 Å². The van der Waals surface area contributed by atoms with Gasteiger partial charge in [0.05, 0.1) is 25.0 Å². The van der Waals surface area contributed by atoms with Gasteiger partial charge in [0.25, 0.3) is 0 Å². The molecule has 110 valence electrons. The van der Waals surface area contributed by atoms with Crippen molar-refractivity contribution in [1.29, 1.82) is 5.26 Å². The second kappa shape index (κ2) is 7.92. The minimum Gasteiger partial charge on any atom is -0.479 e. The second-order valence-electron chi connectivity index (χ2n) is 4.43. The minimum atomic E-state index is 0.0587. The molecule has 0 spiro atoms. The van der Waals surface area contributed by atoms with Crippen LogP contribution in [0.25, 0.3) is 0 Å². The fourth-order valence-electron chi connectivity index (χ4n) is 1.83. The third-order valence-corrected chi connectivity index (χ3v) is 2.86. The van der Waals surface area contributed by atoms with Crippen molar-refractivity contribution in [2.45, 2.75) is 13.1 Å². The molecule has 2 aromatic rings. The molecule has 0 aliphatic heterocycles. The maximum atomic E-state index is 8.51. The molecule has 0 fully saturated rings. The fraction of sp³-hybridized carbons (Fsp3) is 0.333. The lowest BCUT2D eigenvalue weighted by atomic mass is 10.2. The number of nitrogens with one attached hydrogen (secondary N) is 1. The van der Waals surface area contributed by atoms with Crippen LogP contribution >= 0.6 is 0 Å². The number of rotatable bonds is 8. The highest BCUT2D eigenvalue weighted by atomic mass is 16.5. The van der Waals surface area contributed by atoms with E-state index in [0.29, 0.717) is 18.9 Å². The molecule has 0 amide bonds. The number of ether oxygens (including phenoxy) is 2. The van der Waals surface area contributed by atoms with E-state index in [2.05, 4.69) is 10.4 Å². The molecule has 1 heterocycles. The summed E-state index contributed by atoms with van der Waals surface area (Å²) < 4.78 is 12.1. The molecule has 1 aromatic carbocycles. The molecule has 2 rings (SSSR count). The summed E-state index contributed by atoms with van der Waals surface area (Å²) in [4.78, 5) is 0. The zero-order chi connectivity index (χ0) is 14.9. The van der Waals surface area contributed by atoms with Gasteiger partial charge >= 0.3 is 0 Å². The SMILES string of the molecule is COCCn1cc(NCc2cccc(OCC#N)c2)cn1. The normalized spacial score (nSPS) is 10.1. The Morgan fingerprint density at radius 2 is 2.33 bits per heavy atom. The monoisotopic (exact) mass is 286 g/mol. The Morgan fingerprint density at radius 1 is 1.43 bits per heavy atom. The van der Waals surface area contributed by atoms with E-state index in [4.69, 9.17) is 14.7 Å². The van der Waals surface area contributed by atoms with Gasteiger partial charge in [-0.05, 0) is 17.7 Å². The largest absolute Gasteiger partial charge is 0.479 e. The first-order valence-electron chi connectivity index (χ1n) is 6.66. The van der Waals surface area contributed by atoms with Gasteiger partial charge in [-0.2, -0.15) is 10.4 Å². The van der Waals surface area contributed by atoms with Gasteiger partial charge in [0, 0.05) is 19.9 Å². The molecule has 0 saturated heterocycles. The maximum Gasteiger partial charge on any atom is 0.174 e. The van der Waals surface area contributed by atoms with Crippen molar-refractivity contribution in [2.75, 3.05) is 25.6 Å². The summed E-state index contributed by atoms with van der Waals surface area (Å²) >= 11 is 0. The highest BCUT2D eigenvalue weighted by molar-refractivity contribution is 5.40. The lowest BCUT2D eigenvalue weighted by Gasteiger charge is -2.06. The third kappa shape index (κ3) is 4.82. The highest BCUT2D eigenvalue weighted by Gasteiger charge is 2.00. The van der Waals surface area contributed by atoms with Gasteiger partial charge in [0.1, 0.15) is 11.8 Å². The van der Waals surface area contributed by atoms with E-state index in [1.807, 2.05) is 41.2 Å². The number of hydrogen-bond donors (Lipinski definition) is 1. The number of nitriles is 1. The van der Waals surface area contributed by atoms with Gasteiger partial charge in [-0.15, -0.1) is 0 Å². The first-order valence-corrected chi connectivity index (χ1v) is 6.66. The molecule has 1 aromatic heterocycles. The molecule has 1 N–H and O–H groups in total. The van der Waals surface area contributed by atoms with E-state index < -0.39 is 0 Å². The predicted molar refractivity (Wildman–Crippen MR) is 79.0 cm³/mol. The van der Waals surface area contributed by atoms with Crippen LogP contribution in [0, 0.1) is 11.3 Å². The van der Waals surface area contributed by atoms with Crippen LogP contribution in [0.3, 0.4) is 0 Å². The average molecular weight is 286 g/mol. The Labute approximate surface area is 123 Å². The molecular formula is C15H18N4O2. The van der Waals surface area contributed by atoms with Crippen molar-refractivity contribution in [3.63, 3.8) is 0 Å². The zero-order valence-corrected chi connectivity index (χ0v) is 12.0. The van der Waals surface area contributed by atoms with Crippen molar-refractivity contribution < 1.29 is 9.47 Å². The van der Waals surface area contributed by atoms with Crippen LogP contribution in [-0.2, 0) is 17.8 Å². The summed E-state index contributed by atoms with van der Waals surface area (Å²) in [5, 5.41) is 16.0. The van der Waals surface area contributed by atoms with E-state index in [1.165, 1.54) is 0 Å². The van der Waals surface area contributed by atoms with Gasteiger partial charge in [0.15, 0.2) is 6.61 Å². The zero-order valence-electron chi connectivity index (χ0n) is 12.0. The Morgan fingerprint density at radius 3 is 3.14 bits per heavy atom. The number of hydrogen-bond acceptors (Lipinski definition) is 5. The molecule has 0 aliphatic carbocycles. The van der Waals surface area contributed by atoms with Crippen LogP contribution in [0.5, 0.6) is 5.75 Å². The molecular weight excluding hydrogens is 268 g/mol. The number of aromatic nitrogens is 2. The number of anilines is 1. The van der Waals surface area contributed by atoms with Crippen molar-refractivity contribution in [3.8, 4) is 11.8 Å². The maximum absolute atomic E-state index is 8.51. The topological polar surface area (TPSA) is 72.1 Å². The van der Waals surface area contributed by atoms with Gasteiger partial charge < -0.3 is 14.8 Å². The molecule has 6 heteroatoms. The van der Waals surface area contributed by atoms with Crippen molar-refractivity contribution in [1.82, 2.24) is 9.78 Å². The van der Waals surface area contributed by atoms with E-state index in [-0.39, 0.29) is 6.61 Å². The van der Waals surface area contributed by atoms with Gasteiger partial charge in [-0.3, -0.25) is 4.68 Å². The van der Waals surface area contributed by atoms with Crippen molar-refractivity contribution >= 4 is 5.69 Å². The van der Waals surface area contributed by atoms with Gasteiger partial charge in [0.2, 0.25) is 0 Å². The summed E-state index contributed by atoms with van der Waals surface area (Å²) in [6, 6.07) is 9.62. The first kappa shape index (κ1) is 14.9. The smallest absolute Gasteiger partial charge is 0.174 e. The number of methoxy groups -OCH3 is 1. The second-order valence-corrected chi connectivity index (χ2v) is 4.43. The molecule has 21 heavy (non-hydrogen) atoms. The summed E-state index contributed by atoms with van der Waals surface area (Å²) in [7, 11) is 1.67. The predicted octanol–water partition coefficient (Wildman–Crippen LogP) is 2.04. The summed E-state index contributed by atoms with van der Waals surface area (Å²) in [5.74, 6) is 0.701. The van der Waals surface area contributed by atoms with Crippen molar-refractivity contribution in [2.24, 2.45) is 0 Å². The van der Waals surface area contributed by atoms with E-state index in [1.54, 1.807) is 13.3 Å². The molecule has 0 radical (unpaired) electrons. The van der Waals surface area contributed by atoms with E-state index >= 15 is 0 Å². The summed E-state index contributed by atoms with van der Waals surface area (Å²) in [6.45, 7) is 2.10. The first-order chi connectivity index (χ1) is 10.3. The molecule has 0 bridgehead atoms. The molecule has 0 aliphatic rings. The van der Waals surface area contributed by atoms with E-state index in [0.717, 1.165) is 17.8 Å². The Hall–Kier alpha value is -2.52. The average Bonchev–Trinajstić information content (AvgIpc) is 2.97. The van der Waals surface area contributed by atoms with Crippen LogP contribution in [-0.4, -0.2) is 30.1 Å². The van der Waals surface area contributed by atoms with Crippen LogP contribution in [0.15, 0.2) is 36.7 Å². The minimum absolute atomic E-state index is 0.0587. The van der Waals surface area contributed by atoms with Crippen LogP contribution < -0.4 is 10.1 Å². The highest BCUT2D eigenvalue weighted by Crippen LogP contribution is 2.15. The number of nitrogens with zero attached hydrogens (tertiary/aromatic N) is 3. The summed E-state index contributed by atoms with van der Waals surface area (Å²) in [6.07, 6.45) is 3.72. The Bertz CT molecular complexity index is 604. The molecule has 6 nitrogen and oxygen atoms in total. The van der Waals surface area contributed by atoms with Crippen LogP contribution in [0.1, 0.15) is 5.56 Å². The molecule has 0 unspecified atom stereocenters. The number of benzene rings is 1. The molecule has 0 atom stereocenters. The Kier molecular flexibility index (Phi) is 5.61. The van der Waals surface area contributed by atoms with Crippen LogP contribution in [0.2, 0.25) is 0 Å². The molecule has 0 saturated carbocycles. The van der Waals surface area contributed by atoms with Gasteiger partial charge in [-0.1, -0.05) is 12.1 Å². The van der Waals surface area contributed by atoms with Crippen molar-refractivity contribution in [3.05, 3.63) is 42.2 Å². The lowest BCUT2D eigenvalue weighted by molar-refractivity contribution is 0.183. The lowest BCUT2D eigenvalue weighted by Crippen LogP contribution is -2.04.